The van der Waals surface area contributed by atoms with Gasteiger partial charge in [-0.15, -0.1) is 0 Å². The molecule has 3 atom stereocenters. The van der Waals surface area contributed by atoms with Gasteiger partial charge in [-0.05, 0) is 124 Å². The molecular formula is C34H44F6N4O. The predicted molar refractivity (Wildman–Crippen MR) is 163 cm³/mol. The third kappa shape index (κ3) is 6.24. The highest BCUT2D eigenvalue weighted by Crippen LogP contribution is 2.55. The first-order valence-corrected chi connectivity index (χ1v) is 15.9. The Morgan fingerprint density at radius 3 is 2.42 bits per heavy atom. The van der Waals surface area contributed by atoms with Gasteiger partial charge < -0.3 is 20.9 Å². The molecule has 45 heavy (non-hydrogen) atoms. The highest BCUT2D eigenvalue weighted by molar-refractivity contribution is 6.10. The molecule has 3 unspecified atom stereocenters. The number of anilines is 1. The van der Waals surface area contributed by atoms with E-state index >= 15 is 13.2 Å². The van der Waals surface area contributed by atoms with Crippen LogP contribution in [-0.4, -0.2) is 56.0 Å². The first-order chi connectivity index (χ1) is 21.0. The number of halogens is 6. The van der Waals surface area contributed by atoms with Crippen LogP contribution in [0.2, 0.25) is 0 Å². The molecule has 1 saturated carbocycles. The summed E-state index contributed by atoms with van der Waals surface area (Å²) in [5, 5.41) is 2.67. The fourth-order valence-corrected chi connectivity index (χ4v) is 7.93. The van der Waals surface area contributed by atoms with Gasteiger partial charge in [0.1, 0.15) is 0 Å². The number of rotatable bonds is 10. The van der Waals surface area contributed by atoms with E-state index in [-0.39, 0.29) is 41.4 Å². The number of nitrogens with one attached hydrogen (secondary N) is 1. The first-order valence-electron chi connectivity index (χ1n) is 15.9. The van der Waals surface area contributed by atoms with E-state index in [0.29, 0.717) is 30.9 Å². The lowest BCUT2D eigenvalue weighted by atomic mass is 9.54. The minimum absolute atomic E-state index is 0.0291. The highest BCUT2D eigenvalue weighted by Gasteiger charge is 2.56. The second-order valence-corrected chi connectivity index (χ2v) is 13.9. The molecular weight excluding hydrogens is 594 g/mol. The molecule has 2 aromatic carbocycles. The Labute approximate surface area is 261 Å². The number of benzene rings is 2. The van der Waals surface area contributed by atoms with Gasteiger partial charge in [0.25, 0.3) is 11.8 Å². The molecule has 2 bridgehead atoms. The topological polar surface area (TPSA) is 61.6 Å². The second-order valence-electron chi connectivity index (χ2n) is 13.9. The van der Waals surface area contributed by atoms with Crippen LogP contribution in [0.15, 0.2) is 36.4 Å². The van der Waals surface area contributed by atoms with Crippen LogP contribution in [0.4, 0.5) is 32.0 Å². The third-order valence-corrected chi connectivity index (χ3v) is 10.2. The van der Waals surface area contributed by atoms with Gasteiger partial charge in [-0.25, -0.2) is 13.2 Å². The van der Waals surface area contributed by atoms with E-state index in [9.17, 15) is 18.0 Å². The van der Waals surface area contributed by atoms with Gasteiger partial charge >= 0.3 is 6.18 Å². The molecule has 4 aliphatic rings. The number of hydrogen-bond acceptors (Lipinski definition) is 4. The van der Waals surface area contributed by atoms with Crippen LogP contribution in [0.1, 0.15) is 85.5 Å². The number of alkyl halides is 6. The number of nitrogens with two attached hydrogens (primary N) is 1. The fraction of sp³-hybridized carbons (Fsp3) is 0.618. The molecule has 3 aliphatic heterocycles. The van der Waals surface area contributed by atoms with Crippen LogP contribution >= 0.6 is 0 Å². The van der Waals surface area contributed by atoms with Crippen molar-refractivity contribution < 1.29 is 31.1 Å². The monoisotopic (exact) mass is 638 g/mol. The van der Waals surface area contributed by atoms with E-state index in [1.54, 1.807) is 6.07 Å². The van der Waals surface area contributed by atoms with Gasteiger partial charge in [-0.3, -0.25) is 4.79 Å². The summed E-state index contributed by atoms with van der Waals surface area (Å²) in [4.78, 5) is 17.2. The number of hydrogen-bond donors (Lipinski definition) is 2. The molecule has 3 fully saturated rings. The maximum atomic E-state index is 16.0. The Morgan fingerprint density at radius 1 is 1.04 bits per heavy atom. The molecule has 0 aromatic heterocycles. The van der Waals surface area contributed by atoms with Crippen molar-refractivity contribution >= 4 is 11.6 Å². The van der Waals surface area contributed by atoms with Crippen LogP contribution in [0.3, 0.4) is 0 Å². The van der Waals surface area contributed by atoms with E-state index < -0.39 is 40.7 Å². The van der Waals surface area contributed by atoms with Crippen molar-refractivity contribution in [2.45, 2.75) is 88.6 Å². The molecule has 3 heterocycles. The summed E-state index contributed by atoms with van der Waals surface area (Å²) in [5.74, 6) is -3.83. The minimum atomic E-state index is -4.70. The van der Waals surface area contributed by atoms with Gasteiger partial charge in [0.2, 0.25) is 0 Å². The SMILES string of the molecule is CC1CN(C)CC2CC(c3cc4c(c(C(F)(F)F)c3)CN(c3cccc(C(C)(F)C(F)(F)C(C)NCCCCN)c3)C4=O)(C1)C2. The minimum Gasteiger partial charge on any atom is -0.330 e. The maximum Gasteiger partial charge on any atom is 0.416 e. The van der Waals surface area contributed by atoms with Crippen LogP contribution in [0.25, 0.3) is 0 Å². The van der Waals surface area contributed by atoms with Crippen molar-refractivity contribution in [3.8, 4) is 0 Å². The number of carbonyl (C=O) groups excluding carboxylic acids is 1. The van der Waals surface area contributed by atoms with Crippen molar-refractivity contribution in [2.75, 3.05) is 38.1 Å². The summed E-state index contributed by atoms with van der Waals surface area (Å²) in [6, 6.07) is 6.48. The summed E-state index contributed by atoms with van der Waals surface area (Å²) >= 11 is 0. The lowest BCUT2D eigenvalue weighted by molar-refractivity contribution is -0.153. The normalized spacial score (nSPS) is 26.1. The summed E-state index contributed by atoms with van der Waals surface area (Å²) < 4.78 is 90.6. The van der Waals surface area contributed by atoms with Crippen molar-refractivity contribution in [3.05, 3.63) is 64.2 Å². The number of carbonyl (C=O) groups is 1. The predicted octanol–water partition coefficient (Wildman–Crippen LogP) is 7.02. The summed E-state index contributed by atoms with van der Waals surface area (Å²) in [6.45, 7) is 6.13. The van der Waals surface area contributed by atoms with Crippen molar-refractivity contribution in [1.82, 2.24) is 10.2 Å². The second kappa shape index (κ2) is 12.2. The Kier molecular flexibility index (Phi) is 9.14. The smallest absolute Gasteiger partial charge is 0.330 e. The van der Waals surface area contributed by atoms with Crippen molar-refractivity contribution in [3.63, 3.8) is 0 Å². The van der Waals surface area contributed by atoms with Crippen LogP contribution < -0.4 is 16.0 Å². The van der Waals surface area contributed by atoms with Gasteiger partial charge in [-0.1, -0.05) is 19.1 Å². The quantitative estimate of drug-likeness (QED) is 0.217. The maximum absolute atomic E-state index is 16.0. The molecule has 11 heteroatoms. The number of nitrogens with zero attached hydrogens (tertiary/aromatic N) is 2. The third-order valence-electron chi connectivity index (χ3n) is 10.2. The standard InChI is InChI=1S/C34H44F6N4O/c1-21-15-32(16-23(17-32)19-43(4)18-21)25-13-27-28(29(14-25)34(38,39)40)20-44(30(27)45)26-9-7-8-24(12-26)31(3,35)33(36,37)22(2)42-11-6-5-10-41/h7-9,12-14,21-23,42H,5-6,10-11,15-20,41H2,1-4H3. The Hall–Kier alpha value is -2.63. The molecule has 6 rings (SSSR count). The van der Waals surface area contributed by atoms with Gasteiger partial charge in [0.15, 0.2) is 5.67 Å². The van der Waals surface area contributed by atoms with E-state index in [1.165, 1.54) is 31.2 Å². The lowest BCUT2D eigenvalue weighted by Gasteiger charge is -2.53. The van der Waals surface area contributed by atoms with E-state index in [0.717, 1.165) is 50.2 Å². The Morgan fingerprint density at radius 2 is 1.76 bits per heavy atom. The number of fused-ring (bicyclic) bond motifs is 5. The Bertz CT molecular complexity index is 1400. The van der Waals surface area contributed by atoms with Gasteiger partial charge in [0, 0.05) is 24.3 Å². The molecule has 0 spiro atoms. The molecule has 248 valence electrons. The molecule has 3 N–H and O–H groups in total. The molecule has 5 nitrogen and oxygen atoms in total. The summed E-state index contributed by atoms with van der Waals surface area (Å²) in [5.41, 5.74) is 1.12. The zero-order valence-corrected chi connectivity index (χ0v) is 26.4. The first kappa shape index (κ1) is 33.7. The van der Waals surface area contributed by atoms with Gasteiger partial charge in [-0.2, -0.15) is 13.2 Å². The zero-order chi connectivity index (χ0) is 32.9. The molecule has 1 aliphatic carbocycles. The fourth-order valence-electron chi connectivity index (χ4n) is 7.93. The van der Waals surface area contributed by atoms with E-state index in [2.05, 4.69) is 24.2 Å². The molecule has 2 aromatic rings. The summed E-state index contributed by atoms with van der Waals surface area (Å²) in [6.07, 6.45) is -1.23. The molecule has 0 radical (unpaired) electrons. The zero-order valence-electron chi connectivity index (χ0n) is 26.4. The largest absolute Gasteiger partial charge is 0.416 e. The number of unbranched alkanes of at least 4 members (excludes halogenated alkanes) is 1. The van der Waals surface area contributed by atoms with Crippen molar-refractivity contribution in [1.29, 1.82) is 0 Å². The highest BCUT2D eigenvalue weighted by atomic mass is 19.4. The van der Waals surface area contributed by atoms with Crippen LogP contribution in [0, 0.1) is 11.8 Å². The number of amides is 1. The molecule has 1 amide bonds. The summed E-state index contributed by atoms with van der Waals surface area (Å²) in [7, 11) is 2.07. The molecule has 2 saturated heterocycles. The lowest BCUT2D eigenvalue weighted by Crippen LogP contribution is -2.53. The van der Waals surface area contributed by atoms with Crippen LogP contribution in [0.5, 0.6) is 0 Å². The average molecular weight is 639 g/mol. The Balaban J connectivity index is 1.45. The van der Waals surface area contributed by atoms with E-state index in [4.69, 9.17) is 5.73 Å². The van der Waals surface area contributed by atoms with Crippen molar-refractivity contribution in [2.24, 2.45) is 17.6 Å². The average Bonchev–Trinajstić information content (AvgIpc) is 3.27. The van der Waals surface area contributed by atoms with E-state index in [1.807, 2.05) is 0 Å². The van der Waals surface area contributed by atoms with Crippen LogP contribution in [-0.2, 0) is 23.8 Å². The van der Waals surface area contributed by atoms with Gasteiger partial charge in [0.05, 0.1) is 18.2 Å².